The molecule has 8 nitrogen and oxygen atoms in total. The second-order valence-electron chi connectivity index (χ2n) is 9.42. The lowest BCUT2D eigenvalue weighted by molar-refractivity contribution is 0.340. The van der Waals surface area contributed by atoms with Gasteiger partial charge in [0, 0.05) is 11.3 Å². The predicted molar refractivity (Wildman–Crippen MR) is 146 cm³/mol. The Balaban J connectivity index is 1.31. The number of aromatic nitrogens is 3. The minimum absolute atomic E-state index is 0.0757. The Morgan fingerprint density at radius 3 is 2.55 bits per heavy atom. The van der Waals surface area contributed by atoms with Gasteiger partial charge in [-0.15, -0.1) is 10.2 Å². The van der Waals surface area contributed by atoms with Crippen LogP contribution in [0.3, 0.4) is 0 Å². The van der Waals surface area contributed by atoms with E-state index in [0.717, 1.165) is 19.6 Å². The molecule has 0 amide bonds. The number of aromatic hydroxyl groups is 1. The first-order valence-electron chi connectivity index (χ1n) is 12.4. The van der Waals surface area contributed by atoms with Crippen LogP contribution in [0, 0.1) is 12.7 Å². The van der Waals surface area contributed by atoms with Gasteiger partial charge in [-0.05, 0) is 105 Å². The molecule has 1 aliphatic heterocycles. The summed E-state index contributed by atoms with van der Waals surface area (Å²) in [5.41, 5.74) is 2.84. The van der Waals surface area contributed by atoms with Gasteiger partial charge in [0.2, 0.25) is 5.95 Å². The highest BCUT2D eigenvalue weighted by Gasteiger charge is 2.18. The zero-order valence-corrected chi connectivity index (χ0v) is 22.4. The number of hydrogen-bond acceptors (Lipinski definition) is 8. The number of hydrogen-bond donors (Lipinski definition) is 2. The molecule has 0 radical (unpaired) electrons. The Hall–Kier alpha value is -3.34. The van der Waals surface area contributed by atoms with Gasteiger partial charge < -0.3 is 15.3 Å². The number of phenolic OH excluding ortho intramolecular Hbond substituents is 1. The molecule has 0 atom stereocenters. The number of halogens is 2. The van der Waals surface area contributed by atoms with Crippen molar-refractivity contribution in [3.63, 3.8) is 0 Å². The monoisotopic (exact) mass is 555 g/mol. The van der Waals surface area contributed by atoms with Crippen molar-refractivity contribution in [3.05, 3.63) is 64.9 Å². The summed E-state index contributed by atoms with van der Waals surface area (Å²) in [6.07, 6.45) is 2.99. The average molecular weight is 556 g/mol. The van der Waals surface area contributed by atoms with E-state index in [1.165, 1.54) is 25.0 Å². The van der Waals surface area contributed by atoms with E-state index in [1.807, 2.05) is 6.92 Å². The molecule has 2 heterocycles. The number of sulfone groups is 1. The van der Waals surface area contributed by atoms with E-state index < -0.39 is 21.4 Å². The van der Waals surface area contributed by atoms with Gasteiger partial charge >= 0.3 is 0 Å². The van der Waals surface area contributed by atoms with Crippen molar-refractivity contribution < 1.29 is 17.9 Å². The van der Waals surface area contributed by atoms with E-state index in [2.05, 4.69) is 25.4 Å². The average Bonchev–Trinajstić information content (AvgIpc) is 3.41. The van der Waals surface area contributed by atoms with Crippen LogP contribution < -0.4 is 5.32 Å². The van der Waals surface area contributed by atoms with Gasteiger partial charge in [0.25, 0.3) is 0 Å². The molecular weight excluding hydrogens is 529 g/mol. The standard InChI is InChI=1S/C27H27ClFN5O3S/c1-17-15-18(24-21(28)9-10-23(35)25(24)29)16-22-26(17)31-27(33-32-22)30-19-5-7-20(8-6-19)38(36,37)14-4-13-34-11-2-3-12-34/h5-10,15-16,35H,2-4,11-14H2,1H3,(H,30,31,33). The van der Waals surface area contributed by atoms with Crippen molar-refractivity contribution in [2.45, 2.75) is 31.1 Å². The number of fused-ring (bicyclic) bond motifs is 1. The molecule has 4 aromatic rings. The quantitative estimate of drug-likeness (QED) is 0.293. The van der Waals surface area contributed by atoms with Crippen LogP contribution in [0.4, 0.5) is 16.0 Å². The summed E-state index contributed by atoms with van der Waals surface area (Å²) in [6.45, 7) is 4.72. The summed E-state index contributed by atoms with van der Waals surface area (Å²) in [5.74, 6) is -0.956. The molecule has 1 aromatic heterocycles. The van der Waals surface area contributed by atoms with Crippen molar-refractivity contribution in [2.24, 2.45) is 0 Å². The van der Waals surface area contributed by atoms with Crippen LogP contribution in [-0.2, 0) is 9.84 Å². The number of phenols is 1. The lowest BCUT2D eigenvalue weighted by atomic mass is 10.0. The van der Waals surface area contributed by atoms with Crippen LogP contribution in [0.15, 0.2) is 53.4 Å². The van der Waals surface area contributed by atoms with Crippen molar-refractivity contribution in [3.8, 4) is 16.9 Å². The van der Waals surface area contributed by atoms with Crippen LogP contribution in [0.5, 0.6) is 5.75 Å². The third kappa shape index (κ3) is 5.57. The smallest absolute Gasteiger partial charge is 0.247 e. The lowest BCUT2D eigenvalue weighted by Crippen LogP contribution is -2.22. The maximum absolute atomic E-state index is 14.6. The van der Waals surface area contributed by atoms with E-state index in [4.69, 9.17) is 11.6 Å². The second kappa shape index (κ2) is 10.8. The third-order valence-electron chi connectivity index (χ3n) is 6.67. The van der Waals surface area contributed by atoms with E-state index in [1.54, 1.807) is 36.4 Å². The predicted octanol–water partition coefficient (Wildman–Crippen LogP) is 5.50. The molecule has 11 heteroatoms. The van der Waals surface area contributed by atoms with Crippen LogP contribution >= 0.6 is 11.6 Å². The topological polar surface area (TPSA) is 108 Å². The number of aryl methyl sites for hydroxylation is 1. The molecule has 0 unspecified atom stereocenters. The number of nitrogens with zero attached hydrogens (tertiary/aromatic N) is 4. The number of benzene rings is 3. The fourth-order valence-electron chi connectivity index (χ4n) is 4.69. The highest BCUT2D eigenvalue weighted by atomic mass is 35.5. The lowest BCUT2D eigenvalue weighted by Gasteiger charge is -2.14. The molecule has 5 rings (SSSR count). The fourth-order valence-corrected chi connectivity index (χ4v) is 6.24. The Morgan fingerprint density at radius 1 is 1.08 bits per heavy atom. The third-order valence-corrected chi connectivity index (χ3v) is 8.80. The molecular formula is C27H27ClFN5O3S. The van der Waals surface area contributed by atoms with Gasteiger partial charge in [0.1, 0.15) is 5.52 Å². The summed E-state index contributed by atoms with van der Waals surface area (Å²) >= 11 is 6.19. The number of likely N-dealkylation sites (tertiary alicyclic amines) is 1. The first kappa shape index (κ1) is 26.3. The van der Waals surface area contributed by atoms with Crippen molar-refractivity contribution in [2.75, 3.05) is 30.7 Å². The minimum Gasteiger partial charge on any atom is -0.505 e. The molecule has 0 bridgehead atoms. The summed E-state index contributed by atoms with van der Waals surface area (Å²) in [7, 11) is -3.36. The Bertz CT molecular complexity index is 1590. The molecule has 3 aromatic carbocycles. The SMILES string of the molecule is Cc1cc(-c2c(Cl)ccc(O)c2F)cc2nnc(Nc3ccc(S(=O)(=O)CCCN4CCCC4)cc3)nc12. The van der Waals surface area contributed by atoms with Crippen LogP contribution in [0.1, 0.15) is 24.8 Å². The zero-order valence-electron chi connectivity index (χ0n) is 20.8. The first-order valence-corrected chi connectivity index (χ1v) is 14.4. The van der Waals surface area contributed by atoms with Gasteiger partial charge in [0.05, 0.1) is 21.2 Å². The zero-order chi connectivity index (χ0) is 26.9. The van der Waals surface area contributed by atoms with Gasteiger partial charge in [-0.1, -0.05) is 11.6 Å². The summed E-state index contributed by atoms with van der Waals surface area (Å²) in [5, 5.41) is 21.3. The van der Waals surface area contributed by atoms with E-state index in [0.29, 0.717) is 34.3 Å². The van der Waals surface area contributed by atoms with Crippen LogP contribution in [0.2, 0.25) is 5.02 Å². The molecule has 198 valence electrons. The van der Waals surface area contributed by atoms with Crippen molar-refractivity contribution in [1.29, 1.82) is 0 Å². The summed E-state index contributed by atoms with van der Waals surface area (Å²) < 4.78 is 40.0. The fraction of sp³-hybridized carbons (Fsp3) is 0.296. The molecule has 38 heavy (non-hydrogen) atoms. The molecule has 0 saturated carbocycles. The largest absolute Gasteiger partial charge is 0.505 e. The van der Waals surface area contributed by atoms with Gasteiger partial charge in [-0.3, -0.25) is 0 Å². The van der Waals surface area contributed by atoms with Gasteiger partial charge in [-0.2, -0.15) is 0 Å². The maximum Gasteiger partial charge on any atom is 0.247 e. The molecule has 0 aliphatic carbocycles. The summed E-state index contributed by atoms with van der Waals surface area (Å²) in [4.78, 5) is 7.12. The van der Waals surface area contributed by atoms with Crippen molar-refractivity contribution in [1.82, 2.24) is 20.1 Å². The Labute approximate surface area is 225 Å². The van der Waals surface area contributed by atoms with Crippen LogP contribution in [0.25, 0.3) is 22.2 Å². The van der Waals surface area contributed by atoms with Gasteiger partial charge in [0.15, 0.2) is 21.4 Å². The minimum atomic E-state index is -3.36. The van der Waals surface area contributed by atoms with Gasteiger partial charge in [-0.25, -0.2) is 17.8 Å². The van der Waals surface area contributed by atoms with Crippen molar-refractivity contribution >= 4 is 44.1 Å². The molecule has 1 aliphatic rings. The van der Waals surface area contributed by atoms with E-state index in [-0.39, 0.29) is 27.2 Å². The highest BCUT2D eigenvalue weighted by molar-refractivity contribution is 7.91. The van der Waals surface area contributed by atoms with E-state index >= 15 is 0 Å². The number of rotatable bonds is 8. The Morgan fingerprint density at radius 2 is 1.82 bits per heavy atom. The summed E-state index contributed by atoms with van der Waals surface area (Å²) in [6, 6.07) is 12.4. The number of nitrogens with one attached hydrogen (secondary N) is 1. The molecule has 0 spiro atoms. The second-order valence-corrected chi connectivity index (χ2v) is 11.9. The Kier molecular flexibility index (Phi) is 7.47. The molecule has 1 fully saturated rings. The molecule has 1 saturated heterocycles. The highest BCUT2D eigenvalue weighted by Crippen LogP contribution is 2.36. The maximum atomic E-state index is 14.6. The normalized spacial score (nSPS) is 14.3. The van der Waals surface area contributed by atoms with Crippen LogP contribution in [-0.4, -0.2) is 59.0 Å². The van der Waals surface area contributed by atoms with E-state index in [9.17, 15) is 17.9 Å². The number of anilines is 2. The first-order chi connectivity index (χ1) is 18.2. The molecule has 2 N–H and O–H groups in total.